The van der Waals surface area contributed by atoms with Crippen LogP contribution < -0.4 is 4.90 Å². The Kier molecular flexibility index (Phi) is 4.13. The Morgan fingerprint density at radius 2 is 1.76 bits per heavy atom. The van der Waals surface area contributed by atoms with Crippen LogP contribution >= 0.6 is 15.9 Å². The fourth-order valence-electron chi connectivity index (χ4n) is 2.85. The predicted molar refractivity (Wildman–Crippen MR) is 79.1 cm³/mol. The topological polar surface area (TPSA) is 3.24 Å². The van der Waals surface area contributed by atoms with Gasteiger partial charge in [0, 0.05) is 24.6 Å². The van der Waals surface area contributed by atoms with E-state index in [2.05, 4.69) is 59.1 Å². The molecule has 1 fully saturated rings. The van der Waals surface area contributed by atoms with E-state index in [1.54, 1.807) is 0 Å². The number of alkyl halides is 1. The maximum Gasteiger partial charge on any atom is 0.0363 e. The van der Waals surface area contributed by atoms with Crippen molar-refractivity contribution in [3.63, 3.8) is 0 Å². The minimum Gasteiger partial charge on any atom is -0.374 e. The Balaban J connectivity index is 2.05. The van der Waals surface area contributed by atoms with Crippen molar-refractivity contribution in [3.05, 3.63) is 29.8 Å². The molecule has 0 amide bonds. The van der Waals surface area contributed by atoms with Gasteiger partial charge in [-0.2, -0.15) is 0 Å². The third kappa shape index (κ3) is 3.04. The van der Waals surface area contributed by atoms with E-state index in [1.807, 2.05) is 0 Å². The molecule has 0 bridgehead atoms. The summed E-state index contributed by atoms with van der Waals surface area (Å²) in [5.74, 6) is 0. The Hall–Kier alpha value is -0.500. The summed E-state index contributed by atoms with van der Waals surface area (Å²) in [6.45, 7) is 3.31. The largest absolute Gasteiger partial charge is 0.374 e. The molecule has 1 aromatic carbocycles. The molecule has 17 heavy (non-hydrogen) atoms. The predicted octanol–water partition coefficient (Wildman–Crippen LogP) is 4.39. The van der Waals surface area contributed by atoms with Crippen LogP contribution in [0.15, 0.2) is 24.3 Å². The average Bonchev–Trinajstić information content (AvgIpc) is 2.79. The van der Waals surface area contributed by atoms with Crippen LogP contribution in [-0.2, 0) is 0 Å². The van der Waals surface area contributed by atoms with Gasteiger partial charge in [0.25, 0.3) is 0 Å². The summed E-state index contributed by atoms with van der Waals surface area (Å²) < 4.78 is 0. The first kappa shape index (κ1) is 12.9. The quantitative estimate of drug-likeness (QED) is 0.745. The van der Waals surface area contributed by atoms with Gasteiger partial charge in [-0.15, -0.1) is 0 Å². The van der Waals surface area contributed by atoms with Crippen molar-refractivity contribution in [2.45, 2.75) is 32.6 Å². The molecule has 0 saturated heterocycles. The van der Waals surface area contributed by atoms with Gasteiger partial charge in [0.15, 0.2) is 0 Å². The molecule has 1 aromatic rings. The van der Waals surface area contributed by atoms with E-state index in [9.17, 15) is 0 Å². The summed E-state index contributed by atoms with van der Waals surface area (Å²) in [6.07, 6.45) is 5.53. The first-order chi connectivity index (χ1) is 8.15. The molecule has 1 aliphatic rings. The molecule has 1 nitrogen and oxygen atoms in total. The van der Waals surface area contributed by atoms with Crippen LogP contribution in [0, 0.1) is 12.3 Å². The smallest absolute Gasteiger partial charge is 0.0363 e. The first-order valence-corrected chi connectivity index (χ1v) is 7.61. The lowest BCUT2D eigenvalue weighted by Crippen LogP contribution is -2.35. The van der Waals surface area contributed by atoms with Gasteiger partial charge in [-0.1, -0.05) is 46.5 Å². The van der Waals surface area contributed by atoms with Gasteiger partial charge >= 0.3 is 0 Å². The lowest BCUT2D eigenvalue weighted by atomic mass is 9.88. The van der Waals surface area contributed by atoms with Crippen molar-refractivity contribution in [3.8, 4) is 0 Å². The zero-order valence-corrected chi connectivity index (χ0v) is 12.5. The number of nitrogens with zero attached hydrogens (tertiary/aromatic N) is 1. The van der Waals surface area contributed by atoms with Crippen molar-refractivity contribution in [2.75, 3.05) is 23.8 Å². The SMILES string of the molecule is Cc1ccc(N(C)CC2(CBr)CCCC2)cc1. The fraction of sp³-hybridized carbons (Fsp3) is 0.600. The Morgan fingerprint density at radius 3 is 2.29 bits per heavy atom. The van der Waals surface area contributed by atoms with Gasteiger partial charge in [0.1, 0.15) is 0 Å². The summed E-state index contributed by atoms with van der Waals surface area (Å²) in [7, 11) is 2.22. The zero-order valence-electron chi connectivity index (χ0n) is 10.9. The second-order valence-electron chi connectivity index (χ2n) is 5.53. The monoisotopic (exact) mass is 295 g/mol. The van der Waals surface area contributed by atoms with Gasteiger partial charge in [0.05, 0.1) is 0 Å². The molecule has 1 saturated carbocycles. The number of halogens is 1. The number of rotatable bonds is 4. The van der Waals surface area contributed by atoms with Crippen molar-refractivity contribution in [1.29, 1.82) is 0 Å². The minimum atomic E-state index is 0.500. The molecule has 0 spiro atoms. The average molecular weight is 296 g/mol. The number of hydrogen-bond donors (Lipinski definition) is 0. The van der Waals surface area contributed by atoms with E-state index in [-0.39, 0.29) is 0 Å². The van der Waals surface area contributed by atoms with E-state index < -0.39 is 0 Å². The maximum atomic E-state index is 3.72. The lowest BCUT2D eigenvalue weighted by molar-refractivity contribution is 0.356. The van der Waals surface area contributed by atoms with Crippen molar-refractivity contribution < 1.29 is 0 Å². The molecule has 0 aromatic heterocycles. The Bertz CT molecular complexity index is 352. The van der Waals surface area contributed by atoms with E-state index in [4.69, 9.17) is 0 Å². The van der Waals surface area contributed by atoms with Crippen molar-refractivity contribution in [1.82, 2.24) is 0 Å². The van der Waals surface area contributed by atoms with Crippen molar-refractivity contribution in [2.24, 2.45) is 5.41 Å². The molecule has 2 rings (SSSR count). The molecule has 0 atom stereocenters. The highest BCUT2D eigenvalue weighted by Gasteiger charge is 2.33. The van der Waals surface area contributed by atoms with Gasteiger partial charge in [0.2, 0.25) is 0 Å². The molecule has 0 radical (unpaired) electrons. The highest BCUT2D eigenvalue weighted by Crippen LogP contribution is 2.40. The summed E-state index contributed by atoms with van der Waals surface area (Å²) in [5, 5.41) is 1.14. The van der Waals surface area contributed by atoms with Crippen molar-refractivity contribution >= 4 is 21.6 Å². The highest BCUT2D eigenvalue weighted by molar-refractivity contribution is 9.09. The molecule has 1 aliphatic carbocycles. The molecule has 0 heterocycles. The zero-order chi connectivity index (χ0) is 12.3. The van der Waals surface area contributed by atoms with Crippen LogP contribution in [0.4, 0.5) is 5.69 Å². The number of hydrogen-bond acceptors (Lipinski definition) is 1. The van der Waals surface area contributed by atoms with Gasteiger partial charge < -0.3 is 4.90 Å². The summed E-state index contributed by atoms with van der Waals surface area (Å²) >= 11 is 3.72. The Morgan fingerprint density at radius 1 is 1.18 bits per heavy atom. The van der Waals surface area contributed by atoms with Gasteiger partial charge in [-0.25, -0.2) is 0 Å². The third-order valence-corrected chi connectivity index (χ3v) is 5.18. The van der Waals surface area contributed by atoms with Gasteiger partial charge in [-0.05, 0) is 37.3 Å². The summed E-state index contributed by atoms with van der Waals surface area (Å²) in [4.78, 5) is 2.41. The van der Waals surface area contributed by atoms with E-state index >= 15 is 0 Å². The highest BCUT2D eigenvalue weighted by atomic mass is 79.9. The van der Waals surface area contributed by atoms with E-state index in [0.29, 0.717) is 5.41 Å². The Labute approximate surface area is 113 Å². The third-order valence-electron chi connectivity index (χ3n) is 4.00. The normalized spacial score (nSPS) is 18.3. The standard InChI is InChI=1S/C15H22BrN/c1-13-5-7-14(8-6-13)17(2)12-15(11-16)9-3-4-10-15/h5-8H,3-4,9-12H2,1-2H3. The number of aryl methyl sites for hydroxylation is 1. The molecular weight excluding hydrogens is 274 g/mol. The molecule has 2 heteroatoms. The molecule has 94 valence electrons. The number of anilines is 1. The van der Waals surface area contributed by atoms with E-state index in [1.165, 1.54) is 43.5 Å². The first-order valence-electron chi connectivity index (χ1n) is 6.49. The summed E-state index contributed by atoms with van der Waals surface area (Å²) in [5.41, 5.74) is 3.17. The van der Waals surface area contributed by atoms with Crippen LogP contribution in [0.2, 0.25) is 0 Å². The molecule has 0 aliphatic heterocycles. The molecule has 0 unspecified atom stereocenters. The molecular formula is C15H22BrN. The minimum absolute atomic E-state index is 0.500. The van der Waals surface area contributed by atoms with Crippen LogP contribution in [0.3, 0.4) is 0 Å². The second-order valence-corrected chi connectivity index (χ2v) is 6.09. The van der Waals surface area contributed by atoms with Crippen LogP contribution in [0.25, 0.3) is 0 Å². The fourth-order valence-corrected chi connectivity index (χ4v) is 3.59. The molecule has 0 N–H and O–H groups in total. The van der Waals surface area contributed by atoms with Crippen LogP contribution in [-0.4, -0.2) is 18.9 Å². The summed E-state index contributed by atoms with van der Waals surface area (Å²) in [6, 6.07) is 8.85. The maximum absolute atomic E-state index is 3.72. The van der Waals surface area contributed by atoms with Gasteiger partial charge in [-0.3, -0.25) is 0 Å². The number of benzene rings is 1. The van der Waals surface area contributed by atoms with E-state index in [0.717, 1.165) is 5.33 Å². The second kappa shape index (κ2) is 5.43. The van der Waals surface area contributed by atoms with Crippen LogP contribution in [0.1, 0.15) is 31.2 Å². The van der Waals surface area contributed by atoms with Crippen LogP contribution in [0.5, 0.6) is 0 Å². The lowest BCUT2D eigenvalue weighted by Gasteiger charge is -2.33.